The summed E-state index contributed by atoms with van der Waals surface area (Å²) in [6.45, 7) is 22.9. The van der Waals surface area contributed by atoms with Gasteiger partial charge < -0.3 is 4.90 Å². The Kier molecular flexibility index (Phi) is 9.93. The van der Waals surface area contributed by atoms with Gasteiger partial charge in [-0.25, -0.2) is 0 Å². The molecule has 0 radical (unpaired) electrons. The number of unbranched alkanes of at least 4 members (excludes halogenated alkanes) is 2. The number of aryl methyl sites for hydroxylation is 2. The molecule has 0 atom stereocenters. The zero-order chi connectivity index (χ0) is 35.8. The Morgan fingerprint density at radius 1 is 0.480 bits per heavy atom. The van der Waals surface area contributed by atoms with Gasteiger partial charge in [0.15, 0.2) is 0 Å². The molecular formula is C49H59N. The molecule has 50 heavy (non-hydrogen) atoms. The van der Waals surface area contributed by atoms with Crippen molar-refractivity contribution in [2.75, 3.05) is 4.90 Å². The number of hydrogen-bond donors (Lipinski definition) is 0. The third-order valence-electron chi connectivity index (χ3n) is 11.1. The molecule has 1 heterocycles. The van der Waals surface area contributed by atoms with Gasteiger partial charge in [0.25, 0.3) is 0 Å². The lowest BCUT2D eigenvalue weighted by Crippen LogP contribution is -2.36. The molecule has 0 spiro atoms. The van der Waals surface area contributed by atoms with Crippen LogP contribution in [0.25, 0.3) is 22.3 Å². The zero-order valence-electron chi connectivity index (χ0n) is 32.5. The summed E-state index contributed by atoms with van der Waals surface area (Å²) in [5.74, 6) is 0. The lowest BCUT2D eigenvalue weighted by atomic mass is 9.64. The van der Waals surface area contributed by atoms with E-state index in [0.717, 1.165) is 0 Å². The monoisotopic (exact) mass is 661 g/mol. The van der Waals surface area contributed by atoms with E-state index in [4.69, 9.17) is 0 Å². The molecule has 260 valence electrons. The Hall–Kier alpha value is -4.10. The highest BCUT2D eigenvalue weighted by Crippen LogP contribution is 2.57. The van der Waals surface area contributed by atoms with Gasteiger partial charge in [0, 0.05) is 11.1 Å². The molecule has 0 bridgehead atoms. The summed E-state index contributed by atoms with van der Waals surface area (Å²) in [7, 11) is 0. The molecule has 0 saturated carbocycles. The summed E-state index contributed by atoms with van der Waals surface area (Å²) in [6, 6.07) is 40.2. The Labute approximate surface area is 303 Å². The number of benzene rings is 5. The third-order valence-corrected chi connectivity index (χ3v) is 11.1. The van der Waals surface area contributed by atoms with Crippen LogP contribution in [0.1, 0.15) is 127 Å². The van der Waals surface area contributed by atoms with Crippen LogP contribution >= 0.6 is 0 Å². The molecule has 0 fully saturated rings. The van der Waals surface area contributed by atoms with Crippen molar-refractivity contribution >= 4 is 17.1 Å². The first-order valence-corrected chi connectivity index (χ1v) is 19.1. The van der Waals surface area contributed by atoms with Crippen LogP contribution in [-0.4, -0.2) is 0 Å². The SMILES string of the molecule is CCCCC1(CCCC)c2cc(C)ccc2N(c2cc(-c3ccc(C(C)(C)C)cc3)cc(-c3ccc(C(C)(C)C)cc3)c2)c2ccc(C)cc21. The molecule has 5 aromatic carbocycles. The van der Waals surface area contributed by atoms with Crippen LogP contribution in [0.3, 0.4) is 0 Å². The lowest BCUT2D eigenvalue weighted by Gasteiger charge is -2.46. The van der Waals surface area contributed by atoms with E-state index in [0.29, 0.717) is 0 Å². The van der Waals surface area contributed by atoms with Crippen molar-refractivity contribution in [1.82, 2.24) is 0 Å². The number of hydrogen-bond acceptors (Lipinski definition) is 1. The fourth-order valence-corrected chi connectivity index (χ4v) is 8.03. The number of fused-ring (bicyclic) bond motifs is 2. The molecule has 0 saturated heterocycles. The van der Waals surface area contributed by atoms with Gasteiger partial charge in [0.2, 0.25) is 0 Å². The average molecular weight is 662 g/mol. The lowest BCUT2D eigenvalue weighted by molar-refractivity contribution is 0.403. The summed E-state index contributed by atoms with van der Waals surface area (Å²) in [5, 5.41) is 0. The molecule has 1 heteroatoms. The van der Waals surface area contributed by atoms with E-state index in [9.17, 15) is 0 Å². The Balaban J connectivity index is 1.62. The fraction of sp³-hybridized carbons (Fsp3) is 0.388. The first-order valence-electron chi connectivity index (χ1n) is 19.1. The number of nitrogens with zero attached hydrogens (tertiary/aromatic N) is 1. The predicted octanol–water partition coefficient (Wildman–Crippen LogP) is 14.7. The standard InChI is InChI=1S/C49H59N/c1-11-13-27-49(28-14-12-2)43-29-34(3)15-25-45(43)50(46-26-16-35(4)30-44(46)49)42-32-38(36-17-21-40(22-18-36)47(5,6)7)31-39(33-42)37-19-23-41(24-20-37)48(8,9)10/h15-26,29-33H,11-14,27-28H2,1-10H3. The van der Waals surface area contributed by atoms with E-state index in [1.807, 2.05) is 0 Å². The molecule has 1 nitrogen and oxygen atoms in total. The summed E-state index contributed by atoms with van der Waals surface area (Å²) >= 11 is 0. The molecule has 0 N–H and O–H groups in total. The number of anilines is 3. The zero-order valence-corrected chi connectivity index (χ0v) is 32.5. The van der Waals surface area contributed by atoms with Crippen LogP contribution in [-0.2, 0) is 16.2 Å². The van der Waals surface area contributed by atoms with Gasteiger partial charge in [-0.3, -0.25) is 0 Å². The highest BCUT2D eigenvalue weighted by atomic mass is 15.2. The van der Waals surface area contributed by atoms with Crippen molar-refractivity contribution in [2.24, 2.45) is 0 Å². The van der Waals surface area contributed by atoms with Crippen LogP contribution in [0.4, 0.5) is 17.1 Å². The van der Waals surface area contributed by atoms with Crippen LogP contribution in [0.2, 0.25) is 0 Å². The van der Waals surface area contributed by atoms with Crippen molar-refractivity contribution in [3.63, 3.8) is 0 Å². The quantitative estimate of drug-likeness (QED) is 0.152. The number of rotatable bonds is 9. The maximum Gasteiger partial charge on any atom is 0.0503 e. The van der Waals surface area contributed by atoms with Gasteiger partial charge in [-0.05, 0) is 112 Å². The van der Waals surface area contributed by atoms with Gasteiger partial charge in [0.1, 0.15) is 0 Å². The second-order valence-electron chi connectivity index (χ2n) is 17.1. The minimum Gasteiger partial charge on any atom is -0.310 e. The van der Waals surface area contributed by atoms with E-state index >= 15 is 0 Å². The van der Waals surface area contributed by atoms with Crippen LogP contribution in [0.5, 0.6) is 0 Å². The van der Waals surface area contributed by atoms with Gasteiger partial charge in [-0.15, -0.1) is 0 Å². The Bertz CT molecular complexity index is 1800. The van der Waals surface area contributed by atoms with Crippen LogP contribution < -0.4 is 4.90 Å². The van der Waals surface area contributed by atoms with E-state index < -0.39 is 0 Å². The Morgan fingerprint density at radius 3 is 1.24 bits per heavy atom. The van der Waals surface area contributed by atoms with Crippen molar-refractivity contribution in [1.29, 1.82) is 0 Å². The molecule has 0 aromatic heterocycles. The molecule has 5 aromatic rings. The van der Waals surface area contributed by atoms with Gasteiger partial charge in [-0.1, -0.05) is 165 Å². The predicted molar refractivity (Wildman–Crippen MR) is 219 cm³/mol. The molecule has 0 amide bonds. The van der Waals surface area contributed by atoms with Crippen molar-refractivity contribution in [2.45, 2.75) is 124 Å². The van der Waals surface area contributed by atoms with Gasteiger partial charge in [-0.2, -0.15) is 0 Å². The van der Waals surface area contributed by atoms with E-state index in [1.165, 1.54) is 111 Å². The summed E-state index contributed by atoms with van der Waals surface area (Å²) < 4.78 is 0. The van der Waals surface area contributed by atoms with Crippen molar-refractivity contribution in [3.8, 4) is 22.3 Å². The first kappa shape index (κ1) is 35.7. The van der Waals surface area contributed by atoms with Gasteiger partial charge >= 0.3 is 0 Å². The topological polar surface area (TPSA) is 3.24 Å². The van der Waals surface area contributed by atoms with Crippen LogP contribution in [0, 0.1) is 13.8 Å². The third kappa shape index (κ3) is 6.94. The first-order chi connectivity index (χ1) is 23.7. The normalized spacial score (nSPS) is 14.0. The molecular weight excluding hydrogens is 603 g/mol. The highest BCUT2D eigenvalue weighted by molar-refractivity contribution is 5.90. The average Bonchev–Trinajstić information content (AvgIpc) is 3.09. The van der Waals surface area contributed by atoms with E-state index in [-0.39, 0.29) is 16.2 Å². The largest absolute Gasteiger partial charge is 0.310 e. The van der Waals surface area contributed by atoms with E-state index in [2.05, 4.69) is 177 Å². The summed E-state index contributed by atoms with van der Waals surface area (Å²) in [6.07, 6.45) is 7.20. The maximum atomic E-state index is 2.58. The van der Waals surface area contributed by atoms with Crippen molar-refractivity contribution in [3.05, 3.63) is 137 Å². The minimum atomic E-state index is -0.00274. The molecule has 6 rings (SSSR count). The van der Waals surface area contributed by atoms with E-state index in [1.54, 1.807) is 0 Å². The Morgan fingerprint density at radius 2 is 0.880 bits per heavy atom. The maximum absolute atomic E-state index is 2.58. The highest BCUT2D eigenvalue weighted by Gasteiger charge is 2.43. The second-order valence-corrected chi connectivity index (χ2v) is 17.1. The second kappa shape index (κ2) is 13.9. The molecule has 1 aliphatic rings. The fourth-order valence-electron chi connectivity index (χ4n) is 8.03. The minimum absolute atomic E-state index is 0.00274. The van der Waals surface area contributed by atoms with Crippen LogP contribution in [0.15, 0.2) is 103 Å². The molecule has 0 unspecified atom stereocenters. The summed E-state index contributed by atoms with van der Waals surface area (Å²) in [5.41, 5.74) is 17.5. The molecule has 0 aliphatic carbocycles. The summed E-state index contributed by atoms with van der Waals surface area (Å²) in [4.78, 5) is 2.58. The molecule has 1 aliphatic heterocycles. The van der Waals surface area contributed by atoms with Gasteiger partial charge in [0.05, 0.1) is 11.4 Å². The van der Waals surface area contributed by atoms with Crippen molar-refractivity contribution < 1.29 is 0 Å². The smallest absolute Gasteiger partial charge is 0.0503 e.